The van der Waals surface area contributed by atoms with Gasteiger partial charge in [0.05, 0.1) is 11.6 Å². The van der Waals surface area contributed by atoms with Crippen LogP contribution in [0.15, 0.2) is 41.5 Å². The molecule has 0 unspecified atom stereocenters. The molecule has 4 nitrogen and oxygen atoms in total. The molecule has 3 aromatic rings. The Balaban J connectivity index is 1.78. The highest BCUT2D eigenvalue weighted by atomic mass is 32.1. The van der Waals surface area contributed by atoms with E-state index in [1.54, 1.807) is 11.3 Å². The van der Waals surface area contributed by atoms with Crippen LogP contribution >= 0.6 is 11.3 Å². The Morgan fingerprint density at radius 2 is 1.96 bits per heavy atom. The first-order valence-electron chi connectivity index (χ1n) is 8.23. The highest BCUT2D eigenvalue weighted by Gasteiger charge is 2.14. The molecule has 1 saturated carbocycles. The molecule has 0 radical (unpaired) electrons. The third-order valence-electron chi connectivity index (χ3n) is 4.44. The molecule has 23 heavy (non-hydrogen) atoms. The maximum atomic E-state index is 4.94. The summed E-state index contributed by atoms with van der Waals surface area (Å²) in [6.45, 7) is 0. The molecule has 0 bridgehead atoms. The topological polar surface area (TPSA) is 43.1 Å². The van der Waals surface area contributed by atoms with Crippen LogP contribution in [-0.2, 0) is 7.05 Å². The molecule has 0 atom stereocenters. The molecule has 2 aromatic heterocycles. The minimum absolute atomic E-state index is 0.467. The monoisotopic (exact) mass is 324 g/mol. The smallest absolute Gasteiger partial charge is 0.203 e. The van der Waals surface area contributed by atoms with Gasteiger partial charge in [-0.3, -0.25) is 9.98 Å². The minimum Gasteiger partial charge on any atom is -0.256 e. The molecule has 1 aromatic carbocycles. The second-order valence-electron chi connectivity index (χ2n) is 6.12. The summed E-state index contributed by atoms with van der Waals surface area (Å²) in [7, 11) is 1.99. The predicted molar refractivity (Wildman–Crippen MR) is 94.3 cm³/mol. The molecule has 0 aliphatic heterocycles. The van der Waals surface area contributed by atoms with E-state index >= 15 is 0 Å². The number of benzene rings is 1. The van der Waals surface area contributed by atoms with Gasteiger partial charge in [-0.2, -0.15) is 5.10 Å². The van der Waals surface area contributed by atoms with Crippen LogP contribution in [0, 0.1) is 0 Å². The number of hydrogen-bond acceptors (Lipinski definition) is 4. The zero-order valence-corrected chi connectivity index (χ0v) is 14.1. The van der Waals surface area contributed by atoms with Crippen LogP contribution < -0.4 is 4.80 Å². The SMILES string of the molecule is Cn1nc(-c2cccc3cccnc23)sc1=NC1CCCCC1. The van der Waals surface area contributed by atoms with E-state index in [1.165, 1.54) is 32.1 Å². The Kier molecular flexibility index (Phi) is 3.95. The Hall–Kier alpha value is -2.01. The molecule has 1 fully saturated rings. The van der Waals surface area contributed by atoms with Gasteiger partial charge in [0.25, 0.3) is 0 Å². The second kappa shape index (κ2) is 6.24. The normalized spacial score (nSPS) is 17.0. The van der Waals surface area contributed by atoms with Crippen molar-refractivity contribution in [3.63, 3.8) is 0 Å². The molecule has 5 heteroatoms. The van der Waals surface area contributed by atoms with Gasteiger partial charge in [-0.15, -0.1) is 0 Å². The molecular formula is C18H20N4S. The first-order valence-corrected chi connectivity index (χ1v) is 9.05. The lowest BCUT2D eigenvalue weighted by Gasteiger charge is -2.16. The molecular weight excluding hydrogens is 304 g/mol. The number of aromatic nitrogens is 3. The van der Waals surface area contributed by atoms with E-state index in [2.05, 4.69) is 29.2 Å². The quantitative estimate of drug-likeness (QED) is 0.717. The van der Waals surface area contributed by atoms with Crippen molar-refractivity contribution in [2.24, 2.45) is 12.0 Å². The summed E-state index contributed by atoms with van der Waals surface area (Å²) in [5, 5.41) is 6.84. The molecule has 1 aliphatic rings. The fourth-order valence-corrected chi connectivity index (χ4v) is 4.20. The largest absolute Gasteiger partial charge is 0.256 e. The van der Waals surface area contributed by atoms with Crippen molar-refractivity contribution in [1.82, 2.24) is 14.8 Å². The van der Waals surface area contributed by atoms with Crippen molar-refractivity contribution in [3.8, 4) is 10.6 Å². The standard InChI is InChI=1S/C18H20N4S/c1-22-18(20-14-9-3-2-4-10-14)23-17(21-22)15-11-5-7-13-8-6-12-19-16(13)15/h5-8,11-12,14H,2-4,9-10H2,1H3. The summed E-state index contributed by atoms with van der Waals surface area (Å²) < 4.78 is 1.91. The van der Waals surface area contributed by atoms with Crippen molar-refractivity contribution in [2.75, 3.05) is 0 Å². The van der Waals surface area contributed by atoms with Crippen LogP contribution in [0.1, 0.15) is 32.1 Å². The summed E-state index contributed by atoms with van der Waals surface area (Å²) in [5.41, 5.74) is 2.10. The van der Waals surface area contributed by atoms with Crippen molar-refractivity contribution < 1.29 is 0 Å². The lowest BCUT2D eigenvalue weighted by Crippen LogP contribution is -2.18. The third kappa shape index (κ3) is 2.93. The fraction of sp³-hybridized carbons (Fsp3) is 0.389. The van der Waals surface area contributed by atoms with Gasteiger partial charge in [-0.25, -0.2) is 4.68 Å². The van der Waals surface area contributed by atoms with Crippen LogP contribution in [0.2, 0.25) is 0 Å². The van der Waals surface area contributed by atoms with Crippen LogP contribution in [0.4, 0.5) is 0 Å². The number of pyridine rings is 1. The lowest BCUT2D eigenvalue weighted by atomic mass is 9.96. The fourth-order valence-electron chi connectivity index (χ4n) is 3.21. The zero-order valence-electron chi connectivity index (χ0n) is 13.3. The summed E-state index contributed by atoms with van der Waals surface area (Å²) in [5.74, 6) is 0. The molecule has 1 aliphatic carbocycles. The van der Waals surface area contributed by atoms with Crippen molar-refractivity contribution in [1.29, 1.82) is 0 Å². The van der Waals surface area contributed by atoms with Gasteiger partial charge in [-0.05, 0) is 25.0 Å². The molecule has 0 spiro atoms. The van der Waals surface area contributed by atoms with Crippen LogP contribution in [-0.4, -0.2) is 20.8 Å². The summed E-state index contributed by atoms with van der Waals surface area (Å²) in [6.07, 6.45) is 8.22. The van der Waals surface area contributed by atoms with Gasteiger partial charge in [0.2, 0.25) is 4.80 Å². The molecule has 118 valence electrons. The number of hydrogen-bond donors (Lipinski definition) is 0. The van der Waals surface area contributed by atoms with Crippen molar-refractivity contribution in [3.05, 3.63) is 41.3 Å². The maximum absolute atomic E-state index is 4.94. The Morgan fingerprint density at radius 1 is 1.13 bits per heavy atom. The zero-order chi connectivity index (χ0) is 15.6. The third-order valence-corrected chi connectivity index (χ3v) is 5.48. The maximum Gasteiger partial charge on any atom is 0.203 e. The first kappa shape index (κ1) is 14.6. The number of nitrogens with zero attached hydrogens (tertiary/aromatic N) is 4. The molecule has 0 N–H and O–H groups in total. The van der Waals surface area contributed by atoms with Gasteiger partial charge in [0.1, 0.15) is 5.01 Å². The summed E-state index contributed by atoms with van der Waals surface area (Å²) in [6, 6.07) is 10.8. The molecule has 0 amide bonds. The first-order chi connectivity index (χ1) is 11.3. The van der Waals surface area contributed by atoms with Gasteiger partial charge < -0.3 is 0 Å². The van der Waals surface area contributed by atoms with E-state index in [1.807, 2.05) is 24.0 Å². The van der Waals surface area contributed by atoms with Crippen LogP contribution in [0.5, 0.6) is 0 Å². The van der Waals surface area contributed by atoms with Gasteiger partial charge in [0, 0.05) is 24.2 Å². The van der Waals surface area contributed by atoms with Crippen LogP contribution in [0.25, 0.3) is 21.5 Å². The number of para-hydroxylation sites is 1. The van der Waals surface area contributed by atoms with E-state index < -0.39 is 0 Å². The van der Waals surface area contributed by atoms with E-state index in [-0.39, 0.29) is 0 Å². The summed E-state index contributed by atoms with van der Waals surface area (Å²) in [4.78, 5) is 10.5. The van der Waals surface area contributed by atoms with Crippen molar-refractivity contribution >= 4 is 22.2 Å². The van der Waals surface area contributed by atoms with E-state index in [4.69, 9.17) is 10.1 Å². The molecule has 2 heterocycles. The Labute approximate surface area is 139 Å². The molecule has 4 rings (SSSR count). The summed E-state index contributed by atoms with van der Waals surface area (Å²) >= 11 is 1.67. The van der Waals surface area contributed by atoms with Gasteiger partial charge in [0.15, 0.2) is 0 Å². The number of aryl methyl sites for hydroxylation is 1. The average molecular weight is 324 g/mol. The van der Waals surface area contributed by atoms with E-state index in [0.717, 1.165) is 26.3 Å². The highest BCUT2D eigenvalue weighted by Crippen LogP contribution is 2.27. The lowest BCUT2D eigenvalue weighted by molar-refractivity contribution is 0.434. The number of fused-ring (bicyclic) bond motifs is 1. The Bertz CT molecular complexity index is 882. The van der Waals surface area contributed by atoms with Gasteiger partial charge >= 0.3 is 0 Å². The minimum atomic E-state index is 0.467. The van der Waals surface area contributed by atoms with Crippen molar-refractivity contribution in [2.45, 2.75) is 38.1 Å². The molecule has 0 saturated heterocycles. The van der Waals surface area contributed by atoms with E-state index in [0.29, 0.717) is 6.04 Å². The second-order valence-corrected chi connectivity index (χ2v) is 7.07. The predicted octanol–water partition coefficient (Wildman–Crippen LogP) is 3.93. The Morgan fingerprint density at radius 3 is 2.83 bits per heavy atom. The average Bonchev–Trinajstić information content (AvgIpc) is 2.96. The van der Waals surface area contributed by atoms with E-state index in [9.17, 15) is 0 Å². The highest BCUT2D eigenvalue weighted by molar-refractivity contribution is 7.12. The van der Waals surface area contributed by atoms with Gasteiger partial charge in [-0.1, -0.05) is 48.8 Å². The number of rotatable bonds is 2. The van der Waals surface area contributed by atoms with Crippen LogP contribution in [0.3, 0.4) is 0 Å².